The molecule has 0 aliphatic carbocycles. The second-order valence-corrected chi connectivity index (χ2v) is 4.11. The molecule has 0 aromatic heterocycles. The number of aliphatic hydroxyl groups excluding tert-OH is 3. The second-order valence-electron chi connectivity index (χ2n) is 4.11. The van der Waals surface area contributed by atoms with Crippen LogP contribution in [0.5, 0.6) is 0 Å². The van der Waals surface area contributed by atoms with Gasteiger partial charge in [-0.2, -0.15) is 0 Å². The molecule has 0 unspecified atom stereocenters. The Hall–Kier alpha value is -0.200. The average Bonchev–Trinajstić information content (AvgIpc) is 2.18. The van der Waals surface area contributed by atoms with E-state index in [0.29, 0.717) is 6.42 Å². The lowest BCUT2D eigenvalue weighted by molar-refractivity contribution is -0.304. The van der Waals surface area contributed by atoms with E-state index in [9.17, 15) is 15.3 Å². The van der Waals surface area contributed by atoms with Gasteiger partial charge in [-0.15, -0.1) is 0 Å². The lowest BCUT2D eigenvalue weighted by Gasteiger charge is -2.40. The van der Waals surface area contributed by atoms with Crippen LogP contribution in [0.25, 0.3) is 0 Å². The molecule has 5 heteroatoms. The molecule has 1 fully saturated rings. The summed E-state index contributed by atoms with van der Waals surface area (Å²) in [6.07, 6.45) is -4.39. The van der Waals surface area contributed by atoms with Crippen LogP contribution < -0.4 is 0 Å². The number of rotatable bonds is 3. The lowest BCUT2D eigenvalue weighted by atomic mass is 9.97. The Kier molecular flexibility index (Phi) is 4.48. The van der Waals surface area contributed by atoms with Gasteiger partial charge >= 0.3 is 0 Å². The zero-order valence-electron chi connectivity index (χ0n) is 9.33. The summed E-state index contributed by atoms with van der Waals surface area (Å²) in [6.45, 7) is 5.47. The van der Waals surface area contributed by atoms with E-state index in [1.807, 2.05) is 20.8 Å². The van der Waals surface area contributed by atoms with Crippen molar-refractivity contribution < 1.29 is 24.8 Å². The van der Waals surface area contributed by atoms with Gasteiger partial charge < -0.3 is 24.8 Å². The minimum absolute atomic E-state index is 0.107. The Morgan fingerprint density at radius 1 is 1.13 bits per heavy atom. The molecule has 90 valence electrons. The van der Waals surface area contributed by atoms with Crippen molar-refractivity contribution in [3.05, 3.63) is 0 Å². The Labute approximate surface area is 89.6 Å². The van der Waals surface area contributed by atoms with Crippen molar-refractivity contribution in [1.82, 2.24) is 0 Å². The third kappa shape index (κ3) is 2.89. The first-order chi connectivity index (χ1) is 6.97. The Balaban J connectivity index is 2.65. The third-order valence-corrected chi connectivity index (χ3v) is 2.48. The second kappa shape index (κ2) is 5.23. The molecule has 1 rings (SSSR count). The van der Waals surface area contributed by atoms with E-state index in [0.717, 1.165) is 0 Å². The largest absolute Gasteiger partial charge is 0.388 e. The molecular formula is C10H20O5. The van der Waals surface area contributed by atoms with Crippen LogP contribution in [-0.4, -0.2) is 52.1 Å². The molecule has 0 spiro atoms. The first-order valence-electron chi connectivity index (χ1n) is 5.32. The molecular weight excluding hydrogens is 200 g/mol. The van der Waals surface area contributed by atoms with Gasteiger partial charge in [-0.25, -0.2) is 0 Å². The van der Waals surface area contributed by atoms with Crippen LogP contribution in [0.1, 0.15) is 27.2 Å². The maximum atomic E-state index is 9.61. The third-order valence-electron chi connectivity index (χ3n) is 2.48. The zero-order chi connectivity index (χ0) is 11.6. The summed E-state index contributed by atoms with van der Waals surface area (Å²) in [4.78, 5) is 0. The van der Waals surface area contributed by atoms with Crippen molar-refractivity contribution >= 4 is 0 Å². The number of hydrogen-bond donors (Lipinski definition) is 3. The molecule has 5 atom stereocenters. The normalized spacial score (nSPS) is 42.2. The molecule has 5 nitrogen and oxygen atoms in total. The summed E-state index contributed by atoms with van der Waals surface area (Å²) < 4.78 is 10.7. The van der Waals surface area contributed by atoms with Crippen molar-refractivity contribution in [2.45, 2.75) is 64.0 Å². The fourth-order valence-corrected chi connectivity index (χ4v) is 1.63. The predicted octanol–water partition coefficient (Wildman–Crippen LogP) is -0.371. The van der Waals surface area contributed by atoms with Gasteiger partial charge in [0.05, 0.1) is 12.2 Å². The summed E-state index contributed by atoms with van der Waals surface area (Å²) in [5, 5.41) is 28.8. The van der Waals surface area contributed by atoms with E-state index in [1.165, 1.54) is 0 Å². The van der Waals surface area contributed by atoms with Gasteiger partial charge in [0, 0.05) is 0 Å². The summed E-state index contributed by atoms with van der Waals surface area (Å²) >= 11 is 0. The summed E-state index contributed by atoms with van der Waals surface area (Å²) in [5.74, 6) is 0. The van der Waals surface area contributed by atoms with Crippen LogP contribution >= 0.6 is 0 Å². The predicted molar refractivity (Wildman–Crippen MR) is 53.2 cm³/mol. The molecule has 0 aromatic rings. The highest BCUT2D eigenvalue weighted by Crippen LogP contribution is 2.24. The van der Waals surface area contributed by atoms with Crippen molar-refractivity contribution in [3.8, 4) is 0 Å². The van der Waals surface area contributed by atoms with Crippen molar-refractivity contribution in [3.63, 3.8) is 0 Å². The molecule has 0 amide bonds. The van der Waals surface area contributed by atoms with Crippen LogP contribution in [0, 0.1) is 0 Å². The SMILES string of the molecule is CC[C@H]1O[C@@H](OC(C)C)[C@H](O)[C@@H](O)[C@H]1O. The molecule has 0 aromatic carbocycles. The van der Waals surface area contributed by atoms with Gasteiger partial charge in [-0.3, -0.25) is 0 Å². The van der Waals surface area contributed by atoms with E-state index in [1.54, 1.807) is 0 Å². The maximum Gasteiger partial charge on any atom is 0.186 e. The molecule has 0 radical (unpaired) electrons. The molecule has 15 heavy (non-hydrogen) atoms. The first kappa shape index (κ1) is 12.9. The smallest absolute Gasteiger partial charge is 0.186 e. The van der Waals surface area contributed by atoms with Gasteiger partial charge in [-0.05, 0) is 20.3 Å². The van der Waals surface area contributed by atoms with Gasteiger partial charge in [0.25, 0.3) is 0 Å². The van der Waals surface area contributed by atoms with Crippen LogP contribution in [0.4, 0.5) is 0 Å². The van der Waals surface area contributed by atoms with E-state index in [-0.39, 0.29) is 6.10 Å². The van der Waals surface area contributed by atoms with Crippen molar-refractivity contribution in [2.75, 3.05) is 0 Å². The Morgan fingerprint density at radius 2 is 1.73 bits per heavy atom. The molecule has 1 aliphatic heterocycles. The fraction of sp³-hybridized carbons (Fsp3) is 1.00. The van der Waals surface area contributed by atoms with Crippen molar-refractivity contribution in [2.24, 2.45) is 0 Å². The molecule has 1 aliphatic rings. The van der Waals surface area contributed by atoms with E-state index in [2.05, 4.69) is 0 Å². The van der Waals surface area contributed by atoms with E-state index >= 15 is 0 Å². The lowest BCUT2D eigenvalue weighted by Crippen LogP contribution is -2.58. The number of hydrogen-bond acceptors (Lipinski definition) is 5. The fourth-order valence-electron chi connectivity index (χ4n) is 1.63. The summed E-state index contributed by atoms with van der Waals surface area (Å²) in [7, 11) is 0. The topological polar surface area (TPSA) is 79.2 Å². The average molecular weight is 220 g/mol. The van der Waals surface area contributed by atoms with E-state index < -0.39 is 30.7 Å². The van der Waals surface area contributed by atoms with Gasteiger partial charge in [-0.1, -0.05) is 6.92 Å². The van der Waals surface area contributed by atoms with Crippen LogP contribution in [0.2, 0.25) is 0 Å². The highest BCUT2D eigenvalue weighted by Gasteiger charge is 2.43. The number of aliphatic hydroxyl groups is 3. The van der Waals surface area contributed by atoms with Crippen LogP contribution in [0.3, 0.4) is 0 Å². The van der Waals surface area contributed by atoms with Gasteiger partial charge in [0.2, 0.25) is 0 Å². The maximum absolute atomic E-state index is 9.61. The Bertz CT molecular complexity index is 194. The highest BCUT2D eigenvalue weighted by molar-refractivity contribution is 4.88. The first-order valence-corrected chi connectivity index (χ1v) is 5.32. The van der Waals surface area contributed by atoms with Crippen molar-refractivity contribution in [1.29, 1.82) is 0 Å². The summed E-state index contributed by atoms with van der Waals surface area (Å²) in [5.41, 5.74) is 0. The van der Waals surface area contributed by atoms with Gasteiger partial charge in [0.1, 0.15) is 18.3 Å². The molecule has 3 N–H and O–H groups in total. The zero-order valence-corrected chi connectivity index (χ0v) is 9.33. The summed E-state index contributed by atoms with van der Waals surface area (Å²) in [6, 6.07) is 0. The standard InChI is InChI=1S/C10H20O5/c1-4-6-7(11)8(12)9(13)10(15-6)14-5(2)3/h5-13H,4H2,1-3H3/t6-,7+,8+,9-,10-/m1/s1. The Morgan fingerprint density at radius 3 is 2.20 bits per heavy atom. The van der Waals surface area contributed by atoms with Crippen LogP contribution in [-0.2, 0) is 9.47 Å². The van der Waals surface area contributed by atoms with E-state index in [4.69, 9.17) is 9.47 Å². The highest BCUT2D eigenvalue weighted by atomic mass is 16.7. The van der Waals surface area contributed by atoms with Crippen LogP contribution in [0.15, 0.2) is 0 Å². The molecule has 1 saturated heterocycles. The minimum atomic E-state index is -1.22. The number of ether oxygens (including phenoxy) is 2. The molecule has 0 saturated carbocycles. The van der Waals surface area contributed by atoms with Gasteiger partial charge in [0.15, 0.2) is 6.29 Å². The minimum Gasteiger partial charge on any atom is -0.388 e. The molecule has 1 heterocycles. The molecule has 0 bridgehead atoms. The monoisotopic (exact) mass is 220 g/mol. The quantitative estimate of drug-likeness (QED) is 0.604.